The van der Waals surface area contributed by atoms with Gasteiger partial charge in [-0.25, -0.2) is 4.79 Å². The third-order valence-electron chi connectivity index (χ3n) is 6.79. The molecule has 216 valence electrons. The van der Waals surface area contributed by atoms with Gasteiger partial charge >= 0.3 is 11.9 Å². The van der Waals surface area contributed by atoms with Crippen molar-refractivity contribution < 1.29 is 23.9 Å². The number of nitrogens with zero attached hydrogens (tertiary/aromatic N) is 1. The summed E-state index contributed by atoms with van der Waals surface area (Å²) >= 11 is 3.45. The highest BCUT2D eigenvalue weighted by atomic mass is 79.9. The molecular formula is C34H33BrN2O5. The van der Waals surface area contributed by atoms with Crippen molar-refractivity contribution in [3.05, 3.63) is 135 Å². The molecule has 0 spiro atoms. The van der Waals surface area contributed by atoms with Crippen LogP contribution < -0.4 is 5.73 Å². The molecule has 0 saturated carbocycles. The molecule has 0 aliphatic heterocycles. The van der Waals surface area contributed by atoms with Crippen LogP contribution in [0.4, 0.5) is 5.69 Å². The average molecular weight is 630 g/mol. The number of carbonyl (C=O) groups excluding carboxylic acids is 3. The predicted molar refractivity (Wildman–Crippen MR) is 166 cm³/mol. The second-order valence-electron chi connectivity index (χ2n) is 10.0. The third kappa shape index (κ3) is 8.15. The van der Waals surface area contributed by atoms with Gasteiger partial charge in [0.25, 0.3) is 0 Å². The summed E-state index contributed by atoms with van der Waals surface area (Å²) in [7, 11) is 1.98. The van der Waals surface area contributed by atoms with Gasteiger partial charge in [0.15, 0.2) is 5.78 Å². The van der Waals surface area contributed by atoms with Crippen LogP contribution >= 0.6 is 15.9 Å². The van der Waals surface area contributed by atoms with E-state index in [1.54, 1.807) is 67.6 Å². The largest absolute Gasteiger partial charge is 0.462 e. The Morgan fingerprint density at radius 1 is 0.786 bits per heavy atom. The van der Waals surface area contributed by atoms with Crippen molar-refractivity contribution in [2.75, 3.05) is 26.0 Å². The minimum atomic E-state index is -0.604. The minimum absolute atomic E-state index is 0.0969. The summed E-state index contributed by atoms with van der Waals surface area (Å²) in [6.45, 7) is 2.77. The molecule has 42 heavy (non-hydrogen) atoms. The van der Waals surface area contributed by atoms with Crippen LogP contribution in [-0.2, 0) is 27.4 Å². The van der Waals surface area contributed by atoms with Gasteiger partial charge in [0.2, 0.25) is 0 Å². The summed E-state index contributed by atoms with van der Waals surface area (Å²) in [4.78, 5) is 40.4. The zero-order chi connectivity index (χ0) is 30.1. The highest BCUT2D eigenvalue weighted by molar-refractivity contribution is 9.10. The van der Waals surface area contributed by atoms with E-state index in [-0.39, 0.29) is 19.0 Å². The first-order valence-electron chi connectivity index (χ1n) is 13.6. The van der Waals surface area contributed by atoms with Gasteiger partial charge in [-0.05, 0) is 64.8 Å². The smallest absolute Gasteiger partial charge is 0.338 e. The number of benzene rings is 4. The Kier molecular flexibility index (Phi) is 10.6. The molecule has 0 radical (unpaired) electrons. The van der Waals surface area contributed by atoms with Gasteiger partial charge in [-0.15, -0.1) is 0 Å². The fraction of sp³-hybridized carbons (Fsp3) is 0.206. The molecule has 1 atom stereocenters. The first-order valence-corrected chi connectivity index (χ1v) is 14.4. The molecule has 4 aromatic carbocycles. The van der Waals surface area contributed by atoms with E-state index in [9.17, 15) is 14.4 Å². The zero-order valence-corrected chi connectivity index (χ0v) is 25.2. The minimum Gasteiger partial charge on any atom is -0.462 e. The first kappa shape index (κ1) is 30.7. The van der Waals surface area contributed by atoms with Crippen molar-refractivity contribution in [1.29, 1.82) is 0 Å². The summed E-state index contributed by atoms with van der Waals surface area (Å²) in [5.41, 5.74) is 10.9. The molecule has 4 aromatic rings. The predicted octanol–water partition coefficient (Wildman–Crippen LogP) is 6.40. The summed E-state index contributed by atoms with van der Waals surface area (Å²) in [6.07, 6.45) is 0. The normalized spacial score (nSPS) is 11.6. The number of carbonyl (C=O) groups is 3. The highest BCUT2D eigenvalue weighted by Gasteiger charge is 2.20. The van der Waals surface area contributed by atoms with Crippen LogP contribution in [0.25, 0.3) is 0 Å². The van der Waals surface area contributed by atoms with Crippen molar-refractivity contribution in [2.24, 2.45) is 0 Å². The lowest BCUT2D eigenvalue weighted by atomic mass is 9.96. The van der Waals surface area contributed by atoms with E-state index in [1.165, 1.54) is 5.56 Å². The van der Waals surface area contributed by atoms with Crippen molar-refractivity contribution in [1.82, 2.24) is 4.90 Å². The number of esters is 2. The van der Waals surface area contributed by atoms with E-state index in [4.69, 9.17) is 15.2 Å². The summed E-state index contributed by atoms with van der Waals surface area (Å²) < 4.78 is 11.4. The van der Waals surface area contributed by atoms with E-state index in [0.717, 1.165) is 12.1 Å². The van der Waals surface area contributed by atoms with E-state index in [1.807, 2.05) is 31.3 Å². The lowest BCUT2D eigenvalue weighted by Gasteiger charge is -2.19. The van der Waals surface area contributed by atoms with Crippen molar-refractivity contribution in [3.63, 3.8) is 0 Å². The molecule has 1 unspecified atom stereocenters. The lowest BCUT2D eigenvalue weighted by Crippen LogP contribution is -2.20. The molecule has 4 rings (SSSR count). The standard InChI is InChI=1S/C34H33BrN2O5/c1-23(26-14-9-15-27(18-26)32(38)25-12-7-4-8-13-25)33(39)41-16-17-42-34(40)28-19-29(31(36)30(35)20-28)22-37(2)21-24-10-5-3-6-11-24/h3-15,18-20,23H,16-17,21-22,36H2,1-2H3. The maximum absolute atomic E-state index is 12.8. The molecule has 7 nitrogen and oxygen atoms in total. The van der Waals surface area contributed by atoms with Gasteiger partial charge < -0.3 is 15.2 Å². The Labute approximate surface area is 254 Å². The third-order valence-corrected chi connectivity index (χ3v) is 7.44. The average Bonchev–Trinajstić information content (AvgIpc) is 3.01. The number of nitrogen functional groups attached to an aromatic ring is 1. The molecule has 0 heterocycles. The number of ketones is 1. The monoisotopic (exact) mass is 628 g/mol. The van der Waals surface area contributed by atoms with Crippen molar-refractivity contribution >= 4 is 39.3 Å². The van der Waals surface area contributed by atoms with E-state index < -0.39 is 17.9 Å². The Bertz CT molecular complexity index is 1540. The van der Waals surface area contributed by atoms with Gasteiger partial charge in [0.1, 0.15) is 13.2 Å². The maximum Gasteiger partial charge on any atom is 0.338 e. The molecule has 0 fully saturated rings. The first-order chi connectivity index (χ1) is 20.2. The van der Waals surface area contributed by atoms with Crippen LogP contribution in [0.3, 0.4) is 0 Å². The number of halogens is 1. The van der Waals surface area contributed by atoms with Crippen LogP contribution in [-0.4, -0.2) is 42.9 Å². The number of anilines is 1. The van der Waals surface area contributed by atoms with Crippen LogP contribution in [0, 0.1) is 0 Å². The van der Waals surface area contributed by atoms with Crippen LogP contribution in [0.15, 0.2) is 102 Å². The SMILES string of the molecule is CC(C(=O)OCCOC(=O)c1cc(Br)c(N)c(CN(C)Cc2ccccc2)c1)c1cccc(C(=O)c2ccccc2)c1. The molecule has 0 saturated heterocycles. The number of ether oxygens (including phenoxy) is 2. The molecule has 0 aliphatic rings. The molecular weight excluding hydrogens is 596 g/mol. The Hall–Kier alpha value is -4.27. The van der Waals surface area contributed by atoms with Gasteiger partial charge in [-0.2, -0.15) is 0 Å². The van der Waals surface area contributed by atoms with E-state index >= 15 is 0 Å². The fourth-order valence-corrected chi connectivity index (χ4v) is 4.99. The quantitative estimate of drug-likeness (QED) is 0.0839. The molecule has 0 amide bonds. The molecule has 0 bridgehead atoms. The Balaban J connectivity index is 1.29. The summed E-state index contributed by atoms with van der Waals surface area (Å²) in [5, 5.41) is 0. The molecule has 2 N–H and O–H groups in total. The fourth-order valence-electron chi connectivity index (χ4n) is 4.49. The van der Waals surface area contributed by atoms with Crippen molar-refractivity contribution in [2.45, 2.75) is 25.9 Å². The van der Waals surface area contributed by atoms with Crippen LogP contribution in [0.1, 0.15) is 55.8 Å². The Morgan fingerprint density at radius 3 is 2.14 bits per heavy atom. The second-order valence-corrected chi connectivity index (χ2v) is 10.9. The number of nitrogens with two attached hydrogens (primary N) is 1. The number of rotatable bonds is 12. The highest BCUT2D eigenvalue weighted by Crippen LogP contribution is 2.27. The van der Waals surface area contributed by atoms with E-state index in [0.29, 0.717) is 39.0 Å². The van der Waals surface area contributed by atoms with Gasteiger partial charge in [0.05, 0.1) is 17.2 Å². The van der Waals surface area contributed by atoms with Crippen molar-refractivity contribution in [3.8, 4) is 0 Å². The molecule has 0 aliphatic carbocycles. The van der Waals surface area contributed by atoms with Gasteiger partial charge in [-0.1, -0.05) is 78.9 Å². The second kappa shape index (κ2) is 14.6. The summed E-state index contributed by atoms with van der Waals surface area (Å²) in [6, 6.07) is 29.3. The van der Waals surface area contributed by atoms with Gasteiger partial charge in [0, 0.05) is 28.7 Å². The van der Waals surface area contributed by atoms with Crippen LogP contribution in [0.2, 0.25) is 0 Å². The van der Waals surface area contributed by atoms with Gasteiger partial charge in [-0.3, -0.25) is 14.5 Å². The maximum atomic E-state index is 12.8. The zero-order valence-electron chi connectivity index (χ0n) is 23.6. The Morgan fingerprint density at radius 2 is 1.43 bits per heavy atom. The number of hydrogen-bond acceptors (Lipinski definition) is 7. The number of hydrogen-bond donors (Lipinski definition) is 1. The molecule has 0 aromatic heterocycles. The molecule has 8 heteroatoms. The lowest BCUT2D eigenvalue weighted by molar-refractivity contribution is -0.146. The van der Waals surface area contributed by atoms with E-state index in [2.05, 4.69) is 33.0 Å². The van der Waals surface area contributed by atoms with Crippen LogP contribution in [0.5, 0.6) is 0 Å². The topological polar surface area (TPSA) is 98.9 Å². The summed E-state index contributed by atoms with van der Waals surface area (Å²) in [5.74, 6) is -1.74.